The molecule has 1 aromatic carbocycles. The van der Waals surface area contributed by atoms with Crippen molar-refractivity contribution in [1.29, 1.82) is 0 Å². The van der Waals surface area contributed by atoms with Gasteiger partial charge in [0.2, 0.25) is 5.91 Å². The summed E-state index contributed by atoms with van der Waals surface area (Å²) in [6.45, 7) is 1.67. The molecule has 0 aliphatic heterocycles. The summed E-state index contributed by atoms with van der Waals surface area (Å²) in [6.07, 6.45) is 5.42. The van der Waals surface area contributed by atoms with Gasteiger partial charge in [-0.2, -0.15) is 0 Å². The van der Waals surface area contributed by atoms with Crippen LogP contribution in [0.5, 0.6) is 0 Å². The molecular weight excluding hydrogens is 393 g/mol. The largest absolute Gasteiger partial charge is 0.352 e. The van der Waals surface area contributed by atoms with Crippen molar-refractivity contribution in [2.75, 3.05) is 11.9 Å². The van der Waals surface area contributed by atoms with Gasteiger partial charge in [0.1, 0.15) is 5.82 Å². The molecule has 0 radical (unpaired) electrons. The Morgan fingerprint density at radius 2 is 1.86 bits per heavy atom. The van der Waals surface area contributed by atoms with Gasteiger partial charge in [-0.25, -0.2) is 4.39 Å². The van der Waals surface area contributed by atoms with Crippen molar-refractivity contribution in [2.45, 2.75) is 45.1 Å². The molecule has 2 aromatic rings. The summed E-state index contributed by atoms with van der Waals surface area (Å²) in [5, 5.41) is 8.74. The third-order valence-electron chi connectivity index (χ3n) is 4.83. The summed E-state index contributed by atoms with van der Waals surface area (Å²) in [5.74, 6) is -1.51. The molecule has 6 nitrogen and oxygen atoms in total. The Bertz CT molecular complexity index is 906. The van der Waals surface area contributed by atoms with Crippen LogP contribution in [0.2, 0.25) is 0 Å². The maximum Gasteiger partial charge on any atom is 0.262 e. The Balaban J connectivity index is 1.54. The van der Waals surface area contributed by atoms with E-state index in [1.807, 2.05) is 0 Å². The number of hydrogen-bond acceptors (Lipinski definition) is 4. The van der Waals surface area contributed by atoms with Crippen molar-refractivity contribution >= 4 is 34.1 Å². The fourth-order valence-electron chi connectivity index (χ4n) is 3.35. The van der Waals surface area contributed by atoms with Gasteiger partial charge in [-0.1, -0.05) is 25.3 Å². The first-order chi connectivity index (χ1) is 13.9. The van der Waals surface area contributed by atoms with E-state index in [4.69, 9.17) is 0 Å². The highest BCUT2D eigenvalue weighted by Crippen LogP contribution is 2.27. The summed E-state index contributed by atoms with van der Waals surface area (Å²) in [4.78, 5) is 37.1. The third-order valence-corrected chi connectivity index (χ3v) is 5.98. The fourth-order valence-corrected chi connectivity index (χ4v) is 4.33. The Kier molecular flexibility index (Phi) is 6.98. The molecule has 154 valence electrons. The molecule has 8 heteroatoms. The fraction of sp³-hybridized carbons (Fsp3) is 0.381. The molecule has 1 aliphatic rings. The number of rotatable bonds is 6. The van der Waals surface area contributed by atoms with Crippen molar-refractivity contribution < 1.29 is 18.8 Å². The highest BCUT2D eigenvalue weighted by molar-refractivity contribution is 7.18. The van der Waals surface area contributed by atoms with Crippen molar-refractivity contribution in [1.82, 2.24) is 10.6 Å². The lowest BCUT2D eigenvalue weighted by Gasteiger charge is -2.22. The van der Waals surface area contributed by atoms with Gasteiger partial charge in [0.05, 0.1) is 16.4 Å². The third kappa shape index (κ3) is 5.87. The van der Waals surface area contributed by atoms with Gasteiger partial charge in [0.25, 0.3) is 11.8 Å². The maximum absolute atomic E-state index is 13.3. The van der Waals surface area contributed by atoms with E-state index in [0.29, 0.717) is 15.4 Å². The van der Waals surface area contributed by atoms with Crippen LogP contribution in [0.3, 0.4) is 0 Å². The van der Waals surface area contributed by atoms with Crippen molar-refractivity contribution in [3.05, 3.63) is 52.2 Å². The molecule has 1 heterocycles. The predicted molar refractivity (Wildman–Crippen MR) is 111 cm³/mol. The van der Waals surface area contributed by atoms with Crippen LogP contribution in [0.15, 0.2) is 30.3 Å². The van der Waals surface area contributed by atoms with Crippen molar-refractivity contribution in [3.63, 3.8) is 0 Å². The molecule has 0 saturated heterocycles. The van der Waals surface area contributed by atoms with Crippen molar-refractivity contribution in [2.24, 2.45) is 0 Å². The van der Waals surface area contributed by atoms with E-state index >= 15 is 0 Å². The summed E-state index contributed by atoms with van der Waals surface area (Å²) >= 11 is 1.11. The van der Waals surface area contributed by atoms with E-state index in [2.05, 4.69) is 16.0 Å². The first kappa shape index (κ1) is 21.0. The molecular formula is C21H24FN3O3S. The van der Waals surface area contributed by atoms with Gasteiger partial charge in [-0.05, 0) is 49.6 Å². The first-order valence-electron chi connectivity index (χ1n) is 9.67. The topological polar surface area (TPSA) is 87.3 Å². The van der Waals surface area contributed by atoms with E-state index < -0.39 is 11.7 Å². The lowest BCUT2D eigenvalue weighted by atomic mass is 9.95. The molecule has 1 saturated carbocycles. The minimum Gasteiger partial charge on any atom is -0.352 e. The van der Waals surface area contributed by atoms with Gasteiger partial charge in [-0.3, -0.25) is 14.4 Å². The molecule has 3 rings (SSSR count). The number of carbonyl (C=O) groups is 3. The predicted octanol–water partition coefficient (Wildman–Crippen LogP) is 3.63. The van der Waals surface area contributed by atoms with Crippen LogP contribution in [0.4, 0.5) is 9.39 Å². The summed E-state index contributed by atoms with van der Waals surface area (Å²) in [7, 11) is 0. The number of anilines is 1. The van der Waals surface area contributed by atoms with Crippen LogP contribution in [0, 0.1) is 12.7 Å². The second-order valence-corrected chi connectivity index (χ2v) is 8.22. The zero-order valence-corrected chi connectivity index (χ0v) is 17.0. The maximum atomic E-state index is 13.3. The normalized spacial score (nSPS) is 14.3. The van der Waals surface area contributed by atoms with Crippen LogP contribution in [-0.4, -0.2) is 30.3 Å². The lowest BCUT2D eigenvalue weighted by molar-refractivity contribution is -0.121. The molecule has 1 aliphatic carbocycles. The van der Waals surface area contributed by atoms with E-state index in [1.54, 1.807) is 13.0 Å². The molecule has 1 aromatic heterocycles. The highest BCUT2D eigenvalue weighted by Gasteiger charge is 2.18. The lowest BCUT2D eigenvalue weighted by Crippen LogP contribution is -2.42. The molecule has 0 atom stereocenters. The number of hydrogen-bond donors (Lipinski definition) is 3. The Hall–Kier alpha value is -2.74. The summed E-state index contributed by atoms with van der Waals surface area (Å²) < 4.78 is 13.3. The number of carbonyl (C=O) groups excluding carboxylic acids is 3. The Morgan fingerprint density at radius 3 is 2.59 bits per heavy atom. The minimum absolute atomic E-state index is 0.0857. The van der Waals surface area contributed by atoms with E-state index in [-0.39, 0.29) is 30.0 Å². The zero-order chi connectivity index (χ0) is 20.8. The standard InChI is InChI=1S/C21H24FN3O3S/c1-13-10-18(25-20(27)14-6-5-7-15(22)11-14)29-19(13)21(28)23-12-17(26)24-16-8-3-2-4-9-16/h5-7,10-11,16H,2-4,8-9,12H2,1H3,(H,23,28)(H,24,26)(H,25,27). The van der Waals surface area contributed by atoms with Crippen LogP contribution in [0.25, 0.3) is 0 Å². The second-order valence-electron chi connectivity index (χ2n) is 7.17. The van der Waals surface area contributed by atoms with Gasteiger partial charge >= 0.3 is 0 Å². The molecule has 3 amide bonds. The van der Waals surface area contributed by atoms with Gasteiger partial charge in [0, 0.05) is 11.6 Å². The van der Waals surface area contributed by atoms with E-state index in [1.165, 1.54) is 24.6 Å². The quantitative estimate of drug-likeness (QED) is 0.671. The van der Waals surface area contributed by atoms with Gasteiger partial charge in [0.15, 0.2) is 0 Å². The number of thiophene rings is 1. The van der Waals surface area contributed by atoms with E-state index in [9.17, 15) is 18.8 Å². The number of benzene rings is 1. The molecule has 0 unspecified atom stereocenters. The Morgan fingerprint density at radius 1 is 1.10 bits per heavy atom. The molecule has 1 fully saturated rings. The summed E-state index contributed by atoms with van der Waals surface area (Å²) in [5.41, 5.74) is 0.885. The van der Waals surface area contributed by atoms with E-state index in [0.717, 1.165) is 43.1 Å². The second kappa shape index (κ2) is 9.65. The van der Waals surface area contributed by atoms with Gasteiger partial charge in [-0.15, -0.1) is 11.3 Å². The summed E-state index contributed by atoms with van der Waals surface area (Å²) in [6, 6.07) is 7.26. The minimum atomic E-state index is -0.494. The first-order valence-corrected chi connectivity index (χ1v) is 10.5. The number of nitrogens with one attached hydrogen (secondary N) is 3. The SMILES string of the molecule is Cc1cc(NC(=O)c2cccc(F)c2)sc1C(=O)NCC(=O)NC1CCCCC1. The zero-order valence-electron chi connectivity index (χ0n) is 16.2. The average Bonchev–Trinajstić information content (AvgIpc) is 3.07. The Labute approximate surface area is 172 Å². The highest BCUT2D eigenvalue weighted by atomic mass is 32.1. The number of halogens is 1. The molecule has 29 heavy (non-hydrogen) atoms. The van der Waals surface area contributed by atoms with Crippen LogP contribution < -0.4 is 16.0 Å². The van der Waals surface area contributed by atoms with Crippen molar-refractivity contribution in [3.8, 4) is 0 Å². The number of amides is 3. The van der Waals surface area contributed by atoms with Gasteiger partial charge < -0.3 is 16.0 Å². The van der Waals surface area contributed by atoms with Crippen LogP contribution in [0.1, 0.15) is 57.7 Å². The molecule has 0 bridgehead atoms. The monoisotopic (exact) mass is 417 g/mol. The van der Waals surface area contributed by atoms with Crippen LogP contribution >= 0.6 is 11.3 Å². The molecule has 0 spiro atoms. The smallest absolute Gasteiger partial charge is 0.262 e. The van der Waals surface area contributed by atoms with Crippen LogP contribution in [-0.2, 0) is 4.79 Å². The number of aryl methyl sites for hydroxylation is 1. The molecule has 3 N–H and O–H groups in total. The average molecular weight is 418 g/mol.